The van der Waals surface area contributed by atoms with Gasteiger partial charge in [0.2, 0.25) is 0 Å². The third-order valence-corrected chi connectivity index (χ3v) is 3.26. The molecule has 0 bridgehead atoms. The lowest BCUT2D eigenvalue weighted by molar-refractivity contribution is -0.152. The third-order valence-electron chi connectivity index (χ3n) is 3.01. The topological polar surface area (TPSA) is 55.8 Å². The van der Waals surface area contributed by atoms with Crippen molar-refractivity contribution >= 4 is 17.6 Å². The number of halogens is 1. The Kier molecular flexibility index (Phi) is 4.93. The molecular weight excluding hydrogens is 304 g/mol. The molecule has 116 valence electrons. The van der Waals surface area contributed by atoms with Crippen LogP contribution >= 0.6 is 11.6 Å². The number of hydrogen-bond donors (Lipinski definition) is 1. The molecule has 22 heavy (non-hydrogen) atoms. The summed E-state index contributed by atoms with van der Waals surface area (Å²) in [6.45, 7) is 3.39. The molecule has 2 aromatic rings. The average molecular weight is 321 g/mol. The number of carboxylic acids is 1. The molecule has 0 amide bonds. The highest BCUT2D eigenvalue weighted by molar-refractivity contribution is 6.30. The summed E-state index contributed by atoms with van der Waals surface area (Å²) in [7, 11) is 0. The Hall–Kier alpha value is -2.20. The van der Waals surface area contributed by atoms with E-state index in [1.165, 1.54) is 13.8 Å². The van der Waals surface area contributed by atoms with Crippen molar-refractivity contribution in [1.82, 2.24) is 0 Å². The number of rotatable bonds is 6. The van der Waals surface area contributed by atoms with Crippen molar-refractivity contribution in [2.24, 2.45) is 0 Å². The lowest BCUT2D eigenvalue weighted by atomic mass is 10.1. The molecular formula is C17H17ClO4. The SMILES string of the molecule is CC(C)(Oc1cccc(OCc2ccc(Cl)cc2)c1)C(=O)O. The van der Waals surface area contributed by atoms with Crippen molar-refractivity contribution in [1.29, 1.82) is 0 Å². The van der Waals surface area contributed by atoms with Gasteiger partial charge in [-0.1, -0.05) is 29.8 Å². The van der Waals surface area contributed by atoms with Crippen molar-refractivity contribution in [3.8, 4) is 11.5 Å². The highest BCUT2D eigenvalue weighted by Gasteiger charge is 2.29. The third kappa shape index (κ3) is 4.40. The minimum absolute atomic E-state index is 0.392. The molecule has 0 heterocycles. The first kappa shape index (κ1) is 16.2. The van der Waals surface area contributed by atoms with Gasteiger partial charge in [0, 0.05) is 11.1 Å². The van der Waals surface area contributed by atoms with Gasteiger partial charge in [-0.05, 0) is 43.7 Å². The van der Waals surface area contributed by atoms with Gasteiger partial charge in [-0.3, -0.25) is 0 Å². The van der Waals surface area contributed by atoms with Crippen LogP contribution < -0.4 is 9.47 Å². The summed E-state index contributed by atoms with van der Waals surface area (Å²) in [6, 6.07) is 14.3. The van der Waals surface area contributed by atoms with Gasteiger partial charge in [-0.2, -0.15) is 0 Å². The van der Waals surface area contributed by atoms with Crippen molar-refractivity contribution in [3.05, 3.63) is 59.1 Å². The van der Waals surface area contributed by atoms with Crippen LogP contribution in [0.3, 0.4) is 0 Å². The van der Waals surface area contributed by atoms with E-state index >= 15 is 0 Å². The summed E-state index contributed by atoms with van der Waals surface area (Å²) in [5, 5.41) is 9.76. The quantitative estimate of drug-likeness (QED) is 0.868. The average Bonchev–Trinajstić information content (AvgIpc) is 2.46. The van der Waals surface area contributed by atoms with E-state index in [4.69, 9.17) is 26.2 Å². The Bertz CT molecular complexity index is 650. The minimum Gasteiger partial charge on any atom is -0.489 e. The van der Waals surface area contributed by atoms with E-state index < -0.39 is 11.6 Å². The molecule has 0 aliphatic rings. The van der Waals surface area contributed by atoms with E-state index in [0.29, 0.717) is 23.1 Å². The first-order chi connectivity index (χ1) is 10.4. The van der Waals surface area contributed by atoms with Crippen LogP contribution in [0.2, 0.25) is 5.02 Å². The number of carboxylic acid groups (broad SMARTS) is 1. The van der Waals surface area contributed by atoms with E-state index in [0.717, 1.165) is 5.56 Å². The molecule has 0 saturated carbocycles. The number of carbonyl (C=O) groups is 1. The zero-order chi connectivity index (χ0) is 16.2. The van der Waals surface area contributed by atoms with Crippen LogP contribution in [-0.2, 0) is 11.4 Å². The van der Waals surface area contributed by atoms with Gasteiger partial charge in [0.25, 0.3) is 0 Å². The van der Waals surface area contributed by atoms with Gasteiger partial charge in [0.15, 0.2) is 5.60 Å². The molecule has 0 saturated heterocycles. The molecule has 0 radical (unpaired) electrons. The van der Waals surface area contributed by atoms with Crippen molar-refractivity contribution in [2.45, 2.75) is 26.1 Å². The molecule has 2 rings (SSSR count). The maximum atomic E-state index is 11.1. The highest BCUT2D eigenvalue weighted by Crippen LogP contribution is 2.24. The Morgan fingerprint density at radius 1 is 1.14 bits per heavy atom. The molecule has 0 fully saturated rings. The fraction of sp³-hybridized carbons (Fsp3) is 0.235. The van der Waals surface area contributed by atoms with Crippen LogP contribution in [0.4, 0.5) is 0 Å². The standard InChI is InChI=1S/C17H17ClO4/c1-17(2,16(19)20)22-15-5-3-4-14(10-15)21-11-12-6-8-13(18)9-7-12/h3-10H,11H2,1-2H3,(H,19,20). The van der Waals surface area contributed by atoms with E-state index in [1.54, 1.807) is 36.4 Å². The summed E-state index contributed by atoms with van der Waals surface area (Å²) in [5.74, 6) is 0.0228. The molecule has 0 aromatic heterocycles. The van der Waals surface area contributed by atoms with Crippen LogP contribution in [0.25, 0.3) is 0 Å². The molecule has 0 atom stereocenters. The molecule has 2 aromatic carbocycles. The Morgan fingerprint density at radius 3 is 2.41 bits per heavy atom. The molecule has 0 unspecified atom stereocenters. The predicted molar refractivity (Wildman–Crippen MR) is 84.6 cm³/mol. The number of aliphatic carboxylic acids is 1. The van der Waals surface area contributed by atoms with Crippen molar-refractivity contribution < 1.29 is 19.4 Å². The second kappa shape index (κ2) is 6.71. The van der Waals surface area contributed by atoms with E-state index in [-0.39, 0.29) is 0 Å². The second-order valence-corrected chi connectivity index (χ2v) is 5.74. The van der Waals surface area contributed by atoms with E-state index in [1.807, 2.05) is 12.1 Å². The van der Waals surface area contributed by atoms with Gasteiger partial charge < -0.3 is 14.6 Å². The number of hydrogen-bond acceptors (Lipinski definition) is 3. The van der Waals surface area contributed by atoms with E-state index in [2.05, 4.69) is 0 Å². The highest BCUT2D eigenvalue weighted by atomic mass is 35.5. The first-order valence-electron chi connectivity index (χ1n) is 6.76. The molecule has 0 aliphatic carbocycles. The van der Waals surface area contributed by atoms with Gasteiger partial charge >= 0.3 is 5.97 Å². The summed E-state index contributed by atoms with van der Waals surface area (Å²) < 4.78 is 11.2. The molecule has 4 nitrogen and oxygen atoms in total. The number of ether oxygens (including phenoxy) is 2. The molecule has 5 heteroatoms. The smallest absolute Gasteiger partial charge is 0.347 e. The predicted octanol–water partition coefficient (Wildman–Crippen LogP) is 4.16. The normalized spacial score (nSPS) is 11.0. The van der Waals surface area contributed by atoms with Crippen LogP contribution in [0.5, 0.6) is 11.5 Å². The minimum atomic E-state index is -1.30. The fourth-order valence-electron chi connectivity index (χ4n) is 1.71. The molecule has 0 spiro atoms. The first-order valence-corrected chi connectivity index (χ1v) is 7.14. The molecule has 1 N–H and O–H groups in total. The van der Waals surface area contributed by atoms with Crippen LogP contribution in [-0.4, -0.2) is 16.7 Å². The largest absolute Gasteiger partial charge is 0.489 e. The van der Waals surface area contributed by atoms with Crippen molar-refractivity contribution in [3.63, 3.8) is 0 Å². The Labute approximate surface area is 134 Å². The van der Waals surface area contributed by atoms with Gasteiger partial charge in [-0.15, -0.1) is 0 Å². The zero-order valence-electron chi connectivity index (χ0n) is 12.4. The zero-order valence-corrected chi connectivity index (χ0v) is 13.1. The summed E-state index contributed by atoms with van der Waals surface area (Å²) in [4.78, 5) is 11.1. The summed E-state index contributed by atoms with van der Waals surface area (Å²) in [5.41, 5.74) is -0.309. The Morgan fingerprint density at radius 2 is 1.77 bits per heavy atom. The lowest BCUT2D eigenvalue weighted by Gasteiger charge is -2.21. The summed E-state index contributed by atoms with van der Waals surface area (Å²) >= 11 is 5.83. The summed E-state index contributed by atoms with van der Waals surface area (Å²) in [6.07, 6.45) is 0. The van der Waals surface area contributed by atoms with Gasteiger partial charge in [0.1, 0.15) is 18.1 Å². The van der Waals surface area contributed by atoms with Crippen molar-refractivity contribution in [2.75, 3.05) is 0 Å². The maximum absolute atomic E-state index is 11.1. The van der Waals surface area contributed by atoms with Crippen LogP contribution in [0.1, 0.15) is 19.4 Å². The van der Waals surface area contributed by atoms with Crippen LogP contribution in [0, 0.1) is 0 Å². The Balaban J connectivity index is 2.02. The fourth-order valence-corrected chi connectivity index (χ4v) is 1.84. The monoisotopic (exact) mass is 320 g/mol. The van der Waals surface area contributed by atoms with Gasteiger partial charge in [-0.25, -0.2) is 4.79 Å². The van der Waals surface area contributed by atoms with Gasteiger partial charge in [0.05, 0.1) is 0 Å². The van der Waals surface area contributed by atoms with Crippen LogP contribution in [0.15, 0.2) is 48.5 Å². The molecule has 0 aliphatic heterocycles. The maximum Gasteiger partial charge on any atom is 0.347 e. The second-order valence-electron chi connectivity index (χ2n) is 5.31. The number of benzene rings is 2. The van der Waals surface area contributed by atoms with E-state index in [9.17, 15) is 4.79 Å². The lowest BCUT2D eigenvalue weighted by Crippen LogP contribution is -2.37.